The van der Waals surface area contributed by atoms with Crippen LogP contribution in [0.25, 0.3) is 22.2 Å². The van der Waals surface area contributed by atoms with Crippen LogP contribution in [0.1, 0.15) is 11.1 Å². The molecule has 0 spiro atoms. The fourth-order valence-electron chi connectivity index (χ4n) is 2.43. The van der Waals surface area contributed by atoms with Crippen LogP contribution < -0.4 is 5.73 Å². The Kier molecular flexibility index (Phi) is 4.12. The SMILES string of the molecule is Cc1c(-c2ccccc2F)[nH]c2ccc(CN)cc12.Cl. The molecule has 1 aromatic heterocycles. The van der Waals surface area contributed by atoms with Gasteiger partial charge in [-0.05, 0) is 42.3 Å². The normalized spacial score (nSPS) is 10.6. The van der Waals surface area contributed by atoms with Crippen LogP contribution in [0.15, 0.2) is 42.5 Å². The van der Waals surface area contributed by atoms with E-state index >= 15 is 0 Å². The molecule has 0 radical (unpaired) electrons. The van der Waals surface area contributed by atoms with Crippen molar-refractivity contribution in [3.8, 4) is 11.3 Å². The third kappa shape index (κ3) is 2.30. The van der Waals surface area contributed by atoms with Crippen molar-refractivity contribution in [1.82, 2.24) is 4.98 Å². The average Bonchev–Trinajstić information content (AvgIpc) is 2.76. The van der Waals surface area contributed by atoms with Crippen LogP contribution in [-0.2, 0) is 6.54 Å². The minimum Gasteiger partial charge on any atom is -0.354 e. The smallest absolute Gasteiger partial charge is 0.132 e. The van der Waals surface area contributed by atoms with E-state index in [1.165, 1.54) is 6.07 Å². The lowest BCUT2D eigenvalue weighted by molar-refractivity contribution is 0.631. The number of aryl methyl sites for hydroxylation is 1. The summed E-state index contributed by atoms with van der Waals surface area (Å²) in [6.07, 6.45) is 0. The largest absolute Gasteiger partial charge is 0.354 e. The first-order valence-corrected chi connectivity index (χ1v) is 6.27. The Bertz CT molecular complexity index is 749. The molecule has 3 aromatic rings. The molecule has 4 heteroatoms. The van der Waals surface area contributed by atoms with E-state index in [0.717, 1.165) is 27.7 Å². The molecule has 0 saturated heterocycles. The van der Waals surface area contributed by atoms with Crippen molar-refractivity contribution >= 4 is 23.3 Å². The van der Waals surface area contributed by atoms with Crippen molar-refractivity contribution in [2.75, 3.05) is 0 Å². The molecule has 104 valence electrons. The van der Waals surface area contributed by atoms with E-state index in [4.69, 9.17) is 5.73 Å². The Morgan fingerprint density at radius 3 is 2.60 bits per heavy atom. The maximum absolute atomic E-state index is 13.9. The van der Waals surface area contributed by atoms with Crippen LogP contribution in [0.2, 0.25) is 0 Å². The van der Waals surface area contributed by atoms with Gasteiger partial charge in [-0.1, -0.05) is 18.2 Å². The summed E-state index contributed by atoms with van der Waals surface area (Å²) in [7, 11) is 0. The lowest BCUT2D eigenvalue weighted by atomic mass is 10.0. The maximum atomic E-state index is 13.9. The first kappa shape index (κ1) is 14.6. The topological polar surface area (TPSA) is 41.8 Å². The number of aromatic nitrogens is 1. The van der Waals surface area contributed by atoms with Crippen molar-refractivity contribution in [3.05, 3.63) is 59.4 Å². The molecule has 0 aliphatic rings. The summed E-state index contributed by atoms with van der Waals surface area (Å²) < 4.78 is 13.9. The average molecular weight is 291 g/mol. The van der Waals surface area contributed by atoms with E-state index in [1.807, 2.05) is 25.1 Å². The standard InChI is InChI=1S/C16H15FN2.ClH/c1-10-13-8-11(9-18)6-7-15(13)19-16(10)12-4-2-3-5-14(12)17;/h2-8,19H,9,18H2,1H3;1H. The van der Waals surface area contributed by atoms with Crippen LogP contribution in [0.5, 0.6) is 0 Å². The van der Waals surface area contributed by atoms with Crippen LogP contribution in [0.3, 0.4) is 0 Å². The molecule has 0 saturated carbocycles. The molecule has 0 unspecified atom stereocenters. The van der Waals surface area contributed by atoms with E-state index in [0.29, 0.717) is 12.1 Å². The fourth-order valence-corrected chi connectivity index (χ4v) is 2.43. The second-order valence-corrected chi connectivity index (χ2v) is 4.69. The molecule has 0 aliphatic heterocycles. The molecule has 3 N–H and O–H groups in total. The van der Waals surface area contributed by atoms with Gasteiger partial charge in [-0.3, -0.25) is 0 Å². The molecule has 2 nitrogen and oxygen atoms in total. The molecular formula is C16H16ClFN2. The van der Waals surface area contributed by atoms with Gasteiger partial charge in [-0.25, -0.2) is 4.39 Å². The van der Waals surface area contributed by atoms with E-state index in [9.17, 15) is 4.39 Å². The van der Waals surface area contributed by atoms with E-state index in [1.54, 1.807) is 12.1 Å². The third-order valence-corrected chi connectivity index (χ3v) is 3.50. The van der Waals surface area contributed by atoms with Crippen LogP contribution in [-0.4, -0.2) is 4.98 Å². The van der Waals surface area contributed by atoms with Crippen molar-refractivity contribution in [3.63, 3.8) is 0 Å². The minimum absolute atomic E-state index is 0. The molecule has 2 aromatic carbocycles. The summed E-state index contributed by atoms with van der Waals surface area (Å²) in [5, 5.41) is 1.10. The molecule has 0 fully saturated rings. The molecule has 1 heterocycles. The van der Waals surface area contributed by atoms with E-state index < -0.39 is 0 Å². The van der Waals surface area contributed by atoms with Crippen molar-refractivity contribution in [2.45, 2.75) is 13.5 Å². The van der Waals surface area contributed by atoms with Gasteiger partial charge in [0.05, 0.1) is 5.69 Å². The minimum atomic E-state index is -0.212. The van der Waals surface area contributed by atoms with Crippen molar-refractivity contribution < 1.29 is 4.39 Å². The first-order chi connectivity index (χ1) is 9.20. The van der Waals surface area contributed by atoms with Gasteiger partial charge < -0.3 is 10.7 Å². The lowest BCUT2D eigenvalue weighted by Crippen LogP contribution is -1.95. The monoisotopic (exact) mass is 290 g/mol. The second kappa shape index (κ2) is 5.65. The maximum Gasteiger partial charge on any atom is 0.132 e. The molecule has 0 bridgehead atoms. The van der Waals surface area contributed by atoms with Gasteiger partial charge in [0, 0.05) is 23.0 Å². The molecule has 0 atom stereocenters. The number of benzene rings is 2. The summed E-state index contributed by atoms with van der Waals surface area (Å²) in [5.41, 5.74) is 10.2. The Labute approximate surface area is 123 Å². The summed E-state index contributed by atoms with van der Waals surface area (Å²) in [4.78, 5) is 3.29. The Balaban J connectivity index is 0.00000147. The highest BCUT2D eigenvalue weighted by Gasteiger charge is 2.12. The summed E-state index contributed by atoms with van der Waals surface area (Å²) in [5.74, 6) is -0.212. The number of nitrogens with two attached hydrogens (primary N) is 1. The summed E-state index contributed by atoms with van der Waals surface area (Å²) in [6, 6.07) is 12.9. The van der Waals surface area contributed by atoms with Crippen LogP contribution >= 0.6 is 12.4 Å². The number of H-pyrrole nitrogens is 1. The molecule has 0 aliphatic carbocycles. The molecule has 3 rings (SSSR count). The Morgan fingerprint density at radius 2 is 1.90 bits per heavy atom. The third-order valence-electron chi connectivity index (χ3n) is 3.50. The van der Waals surface area contributed by atoms with E-state index in [-0.39, 0.29) is 18.2 Å². The van der Waals surface area contributed by atoms with Gasteiger partial charge >= 0.3 is 0 Å². The van der Waals surface area contributed by atoms with Gasteiger partial charge in [0.1, 0.15) is 5.82 Å². The van der Waals surface area contributed by atoms with Crippen LogP contribution in [0.4, 0.5) is 4.39 Å². The zero-order valence-electron chi connectivity index (χ0n) is 11.1. The van der Waals surface area contributed by atoms with Gasteiger partial charge in [0.15, 0.2) is 0 Å². The van der Waals surface area contributed by atoms with Gasteiger partial charge in [-0.15, -0.1) is 12.4 Å². The van der Waals surface area contributed by atoms with Gasteiger partial charge in [0.2, 0.25) is 0 Å². The van der Waals surface area contributed by atoms with Crippen molar-refractivity contribution in [2.24, 2.45) is 5.73 Å². The predicted molar refractivity (Wildman–Crippen MR) is 83.6 cm³/mol. The number of hydrogen-bond acceptors (Lipinski definition) is 1. The molecule has 0 amide bonds. The number of hydrogen-bond donors (Lipinski definition) is 2. The fraction of sp³-hybridized carbons (Fsp3) is 0.125. The quantitative estimate of drug-likeness (QED) is 0.731. The zero-order chi connectivity index (χ0) is 13.4. The van der Waals surface area contributed by atoms with E-state index in [2.05, 4.69) is 11.1 Å². The second-order valence-electron chi connectivity index (χ2n) is 4.69. The highest BCUT2D eigenvalue weighted by atomic mass is 35.5. The van der Waals surface area contributed by atoms with Crippen molar-refractivity contribution in [1.29, 1.82) is 0 Å². The number of nitrogens with one attached hydrogen (secondary N) is 1. The van der Waals surface area contributed by atoms with Gasteiger partial charge in [0.25, 0.3) is 0 Å². The first-order valence-electron chi connectivity index (χ1n) is 6.27. The highest BCUT2D eigenvalue weighted by Crippen LogP contribution is 2.31. The predicted octanol–water partition coefficient (Wildman–Crippen LogP) is 4.16. The molecule has 20 heavy (non-hydrogen) atoms. The lowest BCUT2D eigenvalue weighted by Gasteiger charge is -2.01. The number of rotatable bonds is 2. The molecular weight excluding hydrogens is 275 g/mol. The van der Waals surface area contributed by atoms with Crippen LogP contribution in [0, 0.1) is 12.7 Å². The summed E-state index contributed by atoms with van der Waals surface area (Å²) in [6.45, 7) is 2.51. The number of fused-ring (bicyclic) bond motifs is 1. The highest BCUT2D eigenvalue weighted by molar-refractivity contribution is 5.91. The summed E-state index contributed by atoms with van der Waals surface area (Å²) >= 11 is 0. The van der Waals surface area contributed by atoms with Gasteiger partial charge in [-0.2, -0.15) is 0 Å². The number of halogens is 2. The Morgan fingerprint density at radius 1 is 1.15 bits per heavy atom. The number of aromatic amines is 1. The zero-order valence-corrected chi connectivity index (χ0v) is 11.9. The Hall–Kier alpha value is -1.84.